The van der Waals surface area contributed by atoms with Crippen LogP contribution < -0.4 is 5.32 Å². The fraction of sp³-hybridized carbons (Fsp3) is 1.00. The third kappa shape index (κ3) is 2.17. The van der Waals surface area contributed by atoms with Gasteiger partial charge in [0.1, 0.15) is 0 Å². The summed E-state index contributed by atoms with van der Waals surface area (Å²) < 4.78 is 0. The molecular weight excluding hydrogens is 136 g/mol. The molecule has 1 aliphatic heterocycles. The summed E-state index contributed by atoms with van der Waals surface area (Å²) >= 11 is 0. The van der Waals surface area contributed by atoms with Crippen LogP contribution in [0.1, 0.15) is 19.8 Å². The Morgan fingerprint density at radius 2 is 2.27 bits per heavy atom. The highest BCUT2D eigenvalue weighted by atomic mass is 15.1. The molecule has 0 amide bonds. The SMILES string of the molecule is CCC1CN(C)CCC1NC. The smallest absolute Gasteiger partial charge is 0.0117 e. The molecule has 0 aromatic carbocycles. The Kier molecular flexibility index (Phi) is 3.34. The molecule has 2 nitrogen and oxygen atoms in total. The molecule has 0 aromatic heterocycles. The first-order valence-corrected chi connectivity index (χ1v) is 4.63. The minimum Gasteiger partial charge on any atom is -0.317 e. The lowest BCUT2D eigenvalue weighted by atomic mass is 9.90. The lowest BCUT2D eigenvalue weighted by Gasteiger charge is -2.36. The van der Waals surface area contributed by atoms with E-state index in [1.54, 1.807) is 0 Å². The van der Waals surface area contributed by atoms with Gasteiger partial charge in [-0.1, -0.05) is 13.3 Å². The molecule has 0 bridgehead atoms. The molecule has 2 heteroatoms. The van der Waals surface area contributed by atoms with Gasteiger partial charge in [-0.3, -0.25) is 0 Å². The maximum atomic E-state index is 3.40. The molecule has 1 rings (SSSR count). The quantitative estimate of drug-likeness (QED) is 0.640. The Morgan fingerprint density at radius 3 is 2.82 bits per heavy atom. The van der Waals surface area contributed by atoms with Crippen molar-refractivity contribution in [1.29, 1.82) is 0 Å². The summed E-state index contributed by atoms with van der Waals surface area (Å²) in [6.07, 6.45) is 2.61. The molecule has 66 valence electrons. The number of likely N-dealkylation sites (tertiary alicyclic amines) is 1. The van der Waals surface area contributed by atoms with Crippen LogP contribution in [0, 0.1) is 5.92 Å². The molecular formula is C9H20N2. The van der Waals surface area contributed by atoms with Crippen LogP contribution in [-0.2, 0) is 0 Å². The molecule has 1 heterocycles. The van der Waals surface area contributed by atoms with E-state index in [1.165, 1.54) is 25.9 Å². The predicted molar refractivity (Wildman–Crippen MR) is 48.7 cm³/mol. The molecule has 0 aromatic rings. The summed E-state index contributed by atoms with van der Waals surface area (Å²) in [7, 11) is 4.30. The number of hydrogen-bond donors (Lipinski definition) is 1. The maximum absolute atomic E-state index is 3.40. The van der Waals surface area contributed by atoms with Crippen LogP contribution in [0.5, 0.6) is 0 Å². The minimum atomic E-state index is 0.760. The molecule has 0 spiro atoms. The zero-order valence-corrected chi connectivity index (χ0v) is 7.93. The van der Waals surface area contributed by atoms with Gasteiger partial charge in [0.05, 0.1) is 0 Å². The van der Waals surface area contributed by atoms with E-state index in [4.69, 9.17) is 0 Å². The van der Waals surface area contributed by atoms with E-state index in [-0.39, 0.29) is 0 Å². The molecule has 2 atom stereocenters. The van der Waals surface area contributed by atoms with Crippen LogP contribution in [0.4, 0.5) is 0 Å². The Morgan fingerprint density at radius 1 is 1.55 bits per heavy atom. The standard InChI is InChI=1S/C9H20N2/c1-4-8-7-11(3)6-5-9(8)10-2/h8-10H,4-7H2,1-3H3. The Hall–Kier alpha value is -0.0800. The fourth-order valence-corrected chi connectivity index (χ4v) is 2.01. The second kappa shape index (κ2) is 4.07. The highest BCUT2D eigenvalue weighted by Gasteiger charge is 2.24. The number of hydrogen-bond acceptors (Lipinski definition) is 2. The zero-order chi connectivity index (χ0) is 8.27. The average molecular weight is 156 g/mol. The van der Waals surface area contributed by atoms with Crippen LogP contribution in [-0.4, -0.2) is 38.1 Å². The average Bonchev–Trinajstić information content (AvgIpc) is 2.04. The number of piperidine rings is 1. The van der Waals surface area contributed by atoms with Crippen molar-refractivity contribution in [3.63, 3.8) is 0 Å². The van der Waals surface area contributed by atoms with Crippen molar-refractivity contribution in [1.82, 2.24) is 10.2 Å². The van der Waals surface area contributed by atoms with E-state index >= 15 is 0 Å². The molecule has 0 aliphatic carbocycles. The Labute approximate surface area is 70.0 Å². The summed E-state index contributed by atoms with van der Waals surface area (Å²) in [5.41, 5.74) is 0. The molecule has 0 saturated carbocycles. The lowest BCUT2D eigenvalue weighted by molar-refractivity contribution is 0.165. The van der Waals surface area contributed by atoms with Crippen LogP contribution in [0.25, 0.3) is 0 Å². The summed E-state index contributed by atoms with van der Waals surface area (Å²) in [6.45, 7) is 4.80. The van der Waals surface area contributed by atoms with E-state index < -0.39 is 0 Å². The predicted octanol–water partition coefficient (Wildman–Crippen LogP) is 0.936. The first-order chi connectivity index (χ1) is 5.27. The van der Waals surface area contributed by atoms with Gasteiger partial charge >= 0.3 is 0 Å². The number of nitrogens with one attached hydrogen (secondary N) is 1. The fourth-order valence-electron chi connectivity index (χ4n) is 2.01. The van der Waals surface area contributed by atoms with Crippen molar-refractivity contribution < 1.29 is 0 Å². The highest BCUT2D eigenvalue weighted by Crippen LogP contribution is 2.18. The van der Waals surface area contributed by atoms with Gasteiger partial charge < -0.3 is 10.2 Å². The van der Waals surface area contributed by atoms with Gasteiger partial charge in [0.25, 0.3) is 0 Å². The van der Waals surface area contributed by atoms with E-state index in [0.717, 1.165) is 12.0 Å². The van der Waals surface area contributed by atoms with E-state index in [2.05, 4.69) is 31.2 Å². The van der Waals surface area contributed by atoms with Crippen LogP contribution in [0.3, 0.4) is 0 Å². The lowest BCUT2D eigenvalue weighted by Crippen LogP contribution is -2.46. The molecule has 1 aliphatic rings. The molecule has 1 saturated heterocycles. The maximum Gasteiger partial charge on any atom is 0.0117 e. The summed E-state index contributed by atoms with van der Waals surface area (Å²) in [5.74, 6) is 0.860. The summed E-state index contributed by atoms with van der Waals surface area (Å²) in [6, 6.07) is 0.760. The Bertz CT molecular complexity index is 114. The van der Waals surface area contributed by atoms with Gasteiger partial charge in [-0.05, 0) is 33.0 Å². The van der Waals surface area contributed by atoms with Crippen molar-refractivity contribution in [2.75, 3.05) is 27.2 Å². The third-order valence-corrected chi connectivity index (χ3v) is 2.83. The normalized spacial score (nSPS) is 34.1. The van der Waals surface area contributed by atoms with Gasteiger partial charge in [0.15, 0.2) is 0 Å². The Balaban J connectivity index is 2.41. The van der Waals surface area contributed by atoms with Crippen molar-refractivity contribution in [2.24, 2.45) is 5.92 Å². The van der Waals surface area contributed by atoms with Crippen molar-refractivity contribution >= 4 is 0 Å². The monoisotopic (exact) mass is 156 g/mol. The molecule has 1 fully saturated rings. The molecule has 1 N–H and O–H groups in total. The number of nitrogens with zero attached hydrogens (tertiary/aromatic N) is 1. The minimum absolute atomic E-state index is 0.760. The van der Waals surface area contributed by atoms with E-state index in [9.17, 15) is 0 Å². The van der Waals surface area contributed by atoms with Gasteiger partial charge in [0.2, 0.25) is 0 Å². The second-order valence-electron chi connectivity index (χ2n) is 3.61. The van der Waals surface area contributed by atoms with Gasteiger partial charge in [0, 0.05) is 12.6 Å². The second-order valence-corrected chi connectivity index (χ2v) is 3.61. The topological polar surface area (TPSA) is 15.3 Å². The van der Waals surface area contributed by atoms with Gasteiger partial charge in [-0.2, -0.15) is 0 Å². The van der Waals surface area contributed by atoms with Crippen molar-refractivity contribution in [3.8, 4) is 0 Å². The van der Waals surface area contributed by atoms with Crippen molar-refractivity contribution in [2.45, 2.75) is 25.8 Å². The first-order valence-electron chi connectivity index (χ1n) is 4.63. The first kappa shape index (κ1) is 9.01. The van der Waals surface area contributed by atoms with Crippen LogP contribution in [0.15, 0.2) is 0 Å². The summed E-state index contributed by atoms with van der Waals surface area (Å²) in [4.78, 5) is 2.43. The molecule has 0 radical (unpaired) electrons. The van der Waals surface area contributed by atoms with Crippen LogP contribution >= 0.6 is 0 Å². The molecule has 2 unspecified atom stereocenters. The van der Waals surface area contributed by atoms with Crippen molar-refractivity contribution in [3.05, 3.63) is 0 Å². The van der Waals surface area contributed by atoms with Crippen LogP contribution in [0.2, 0.25) is 0 Å². The van der Waals surface area contributed by atoms with Gasteiger partial charge in [-0.25, -0.2) is 0 Å². The van der Waals surface area contributed by atoms with E-state index in [1.807, 2.05) is 0 Å². The summed E-state index contributed by atoms with van der Waals surface area (Å²) in [5, 5.41) is 3.40. The zero-order valence-electron chi connectivity index (χ0n) is 7.93. The molecule has 11 heavy (non-hydrogen) atoms. The third-order valence-electron chi connectivity index (χ3n) is 2.83. The van der Waals surface area contributed by atoms with E-state index in [0.29, 0.717) is 0 Å². The number of rotatable bonds is 2. The highest BCUT2D eigenvalue weighted by molar-refractivity contribution is 4.81. The largest absolute Gasteiger partial charge is 0.317 e. The van der Waals surface area contributed by atoms with Gasteiger partial charge in [-0.15, -0.1) is 0 Å².